The summed E-state index contributed by atoms with van der Waals surface area (Å²) in [5.41, 5.74) is 5.08. The summed E-state index contributed by atoms with van der Waals surface area (Å²) in [6, 6.07) is 5.54. The molecule has 4 nitrogen and oxygen atoms in total. The van der Waals surface area contributed by atoms with E-state index in [-0.39, 0.29) is 5.25 Å². The summed E-state index contributed by atoms with van der Waals surface area (Å²) in [6.07, 6.45) is 0.996. The number of thioether (sulfide) groups is 1. The van der Waals surface area contributed by atoms with Crippen molar-refractivity contribution in [3.8, 4) is 0 Å². The Morgan fingerprint density at radius 1 is 1.42 bits per heavy atom. The van der Waals surface area contributed by atoms with Crippen LogP contribution in [0, 0.1) is 0 Å². The number of rotatable bonds is 3. The zero-order valence-electron chi connectivity index (χ0n) is 10.7. The van der Waals surface area contributed by atoms with E-state index >= 15 is 0 Å². The highest BCUT2D eigenvalue weighted by molar-refractivity contribution is 8.00. The van der Waals surface area contributed by atoms with Crippen molar-refractivity contribution >= 4 is 39.2 Å². The van der Waals surface area contributed by atoms with Crippen molar-refractivity contribution < 1.29 is 12.7 Å². The van der Waals surface area contributed by atoms with Crippen molar-refractivity contribution in [2.24, 2.45) is 0 Å². The SMILES string of the molecule is CC1=C(NOS(C)(=O)=O)c2cc(Cl)ccc2SC1C. The van der Waals surface area contributed by atoms with Crippen LogP contribution in [-0.4, -0.2) is 19.9 Å². The summed E-state index contributed by atoms with van der Waals surface area (Å²) in [5, 5.41) is 0.833. The smallest absolute Gasteiger partial charge is 0.249 e. The van der Waals surface area contributed by atoms with Gasteiger partial charge < -0.3 is 0 Å². The normalized spacial score (nSPS) is 19.3. The number of benzene rings is 1. The van der Waals surface area contributed by atoms with Crippen molar-refractivity contribution in [1.82, 2.24) is 5.48 Å². The molecule has 1 aliphatic rings. The monoisotopic (exact) mass is 319 g/mol. The maximum Gasteiger partial charge on any atom is 0.284 e. The average molecular weight is 320 g/mol. The first-order valence-electron chi connectivity index (χ1n) is 5.60. The number of hydroxylamine groups is 1. The van der Waals surface area contributed by atoms with Crippen molar-refractivity contribution in [2.75, 3.05) is 6.26 Å². The zero-order chi connectivity index (χ0) is 14.2. The molecule has 1 heterocycles. The van der Waals surface area contributed by atoms with E-state index in [1.165, 1.54) is 0 Å². The topological polar surface area (TPSA) is 55.4 Å². The van der Waals surface area contributed by atoms with E-state index in [1.807, 2.05) is 19.1 Å². The molecule has 1 aromatic carbocycles. The molecule has 104 valence electrons. The molecule has 2 rings (SSSR count). The Bertz CT molecular complexity index is 640. The molecule has 1 aliphatic heterocycles. The highest BCUT2D eigenvalue weighted by Crippen LogP contribution is 2.41. The van der Waals surface area contributed by atoms with Crippen LogP contribution < -0.4 is 5.48 Å². The fourth-order valence-electron chi connectivity index (χ4n) is 1.75. The molecule has 19 heavy (non-hydrogen) atoms. The molecule has 7 heteroatoms. The predicted octanol–water partition coefficient (Wildman–Crippen LogP) is 3.05. The minimum atomic E-state index is -3.56. The quantitative estimate of drug-likeness (QED) is 0.868. The van der Waals surface area contributed by atoms with Crippen LogP contribution in [0.1, 0.15) is 19.4 Å². The van der Waals surface area contributed by atoms with E-state index in [1.54, 1.807) is 17.8 Å². The Morgan fingerprint density at radius 3 is 2.74 bits per heavy atom. The second-order valence-electron chi connectivity index (χ2n) is 4.35. The van der Waals surface area contributed by atoms with Gasteiger partial charge in [0.05, 0.1) is 12.0 Å². The third kappa shape index (κ3) is 3.45. The molecule has 0 bridgehead atoms. The van der Waals surface area contributed by atoms with Crippen LogP contribution in [0.4, 0.5) is 0 Å². The molecule has 1 unspecified atom stereocenters. The van der Waals surface area contributed by atoms with Crippen LogP contribution in [-0.2, 0) is 14.4 Å². The van der Waals surface area contributed by atoms with Crippen LogP contribution in [0.3, 0.4) is 0 Å². The summed E-state index contributed by atoms with van der Waals surface area (Å²) in [5.74, 6) is 0. The van der Waals surface area contributed by atoms with Gasteiger partial charge in [0.1, 0.15) is 0 Å². The van der Waals surface area contributed by atoms with Crippen molar-refractivity contribution in [3.05, 3.63) is 34.4 Å². The number of hydrogen-bond donors (Lipinski definition) is 1. The van der Waals surface area contributed by atoms with Gasteiger partial charge in [-0.05, 0) is 37.6 Å². The summed E-state index contributed by atoms with van der Waals surface area (Å²) in [4.78, 5) is 1.04. The number of hydrogen-bond acceptors (Lipinski definition) is 5. The first kappa shape index (κ1) is 14.7. The average Bonchev–Trinajstić information content (AvgIpc) is 2.29. The molecule has 0 fully saturated rings. The molecule has 1 aromatic rings. The first-order valence-corrected chi connectivity index (χ1v) is 8.67. The Kier molecular flexibility index (Phi) is 4.15. The standard InChI is InChI=1S/C12H14ClNO3S2/c1-7-8(2)18-11-5-4-9(13)6-10(11)12(7)14-17-19(3,15)16/h4-6,8,14H,1-3H3. The Morgan fingerprint density at radius 2 is 2.11 bits per heavy atom. The molecule has 1 N–H and O–H groups in total. The van der Waals surface area contributed by atoms with E-state index in [9.17, 15) is 8.42 Å². The second kappa shape index (κ2) is 5.36. The summed E-state index contributed by atoms with van der Waals surface area (Å²) in [7, 11) is -3.56. The molecule has 0 amide bonds. The van der Waals surface area contributed by atoms with Crippen molar-refractivity contribution in [1.29, 1.82) is 0 Å². The van der Waals surface area contributed by atoms with Gasteiger partial charge in [-0.15, -0.1) is 11.8 Å². The lowest BCUT2D eigenvalue weighted by Gasteiger charge is -2.26. The lowest BCUT2D eigenvalue weighted by Crippen LogP contribution is -2.23. The molecule has 0 spiro atoms. The van der Waals surface area contributed by atoms with Gasteiger partial charge >= 0.3 is 0 Å². The molecule has 0 saturated carbocycles. The van der Waals surface area contributed by atoms with Crippen LogP contribution in [0.15, 0.2) is 28.7 Å². The number of fused-ring (bicyclic) bond motifs is 1. The molecule has 0 saturated heterocycles. The van der Waals surface area contributed by atoms with Gasteiger partial charge in [0.15, 0.2) is 0 Å². The highest BCUT2D eigenvalue weighted by Gasteiger charge is 2.23. The van der Waals surface area contributed by atoms with Gasteiger partial charge in [-0.2, -0.15) is 12.7 Å². The lowest BCUT2D eigenvalue weighted by molar-refractivity contribution is 0.260. The minimum Gasteiger partial charge on any atom is -0.249 e. The van der Waals surface area contributed by atoms with Crippen molar-refractivity contribution in [3.63, 3.8) is 0 Å². The van der Waals surface area contributed by atoms with Gasteiger partial charge in [-0.1, -0.05) is 11.6 Å². The van der Waals surface area contributed by atoms with Crippen LogP contribution in [0.2, 0.25) is 5.02 Å². The lowest BCUT2D eigenvalue weighted by atomic mass is 10.1. The van der Waals surface area contributed by atoms with E-state index in [4.69, 9.17) is 15.9 Å². The second-order valence-corrected chi connectivity index (χ2v) is 7.74. The fourth-order valence-corrected chi connectivity index (χ4v) is 3.26. The van der Waals surface area contributed by atoms with E-state index in [0.717, 1.165) is 22.3 Å². The zero-order valence-corrected chi connectivity index (χ0v) is 13.1. The van der Waals surface area contributed by atoms with Crippen LogP contribution >= 0.6 is 23.4 Å². The highest BCUT2D eigenvalue weighted by atomic mass is 35.5. The van der Waals surface area contributed by atoms with Gasteiger partial charge in [-0.3, -0.25) is 0 Å². The minimum absolute atomic E-state index is 0.235. The molecule has 0 aliphatic carbocycles. The third-order valence-electron chi connectivity index (χ3n) is 2.81. The van der Waals surface area contributed by atoms with Crippen LogP contribution in [0.25, 0.3) is 5.70 Å². The Labute approximate surface area is 122 Å². The van der Waals surface area contributed by atoms with E-state index in [2.05, 4.69) is 12.4 Å². The fraction of sp³-hybridized carbons (Fsp3) is 0.333. The Balaban J connectivity index is 2.43. The van der Waals surface area contributed by atoms with Crippen LogP contribution in [0.5, 0.6) is 0 Å². The summed E-state index contributed by atoms with van der Waals surface area (Å²) in [6.45, 7) is 4.00. The number of nitrogens with one attached hydrogen (secondary N) is 1. The molecular weight excluding hydrogens is 306 g/mol. The van der Waals surface area contributed by atoms with Gasteiger partial charge in [-0.25, -0.2) is 5.48 Å². The van der Waals surface area contributed by atoms with Gasteiger partial charge in [0.2, 0.25) is 0 Å². The van der Waals surface area contributed by atoms with Crippen molar-refractivity contribution in [2.45, 2.75) is 24.0 Å². The van der Waals surface area contributed by atoms with E-state index < -0.39 is 10.1 Å². The summed E-state index contributed by atoms with van der Waals surface area (Å²) >= 11 is 7.70. The Hall–Kier alpha value is -0.690. The molecule has 0 aromatic heterocycles. The molecular formula is C12H14ClNO3S2. The van der Waals surface area contributed by atoms with Gasteiger partial charge in [0.25, 0.3) is 10.1 Å². The molecule has 1 atom stereocenters. The molecule has 0 radical (unpaired) electrons. The largest absolute Gasteiger partial charge is 0.284 e. The predicted molar refractivity (Wildman–Crippen MR) is 78.4 cm³/mol. The maximum absolute atomic E-state index is 11.1. The number of halogens is 1. The maximum atomic E-state index is 11.1. The van der Waals surface area contributed by atoms with Gasteiger partial charge in [0, 0.05) is 20.7 Å². The third-order valence-corrected chi connectivity index (χ3v) is 4.75. The summed E-state index contributed by atoms with van der Waals surface area (Å²) < 4.78 is 26.9. The van der Waals surface area contributed by atoms with E-state index in [0.29, 0.717) is 10.7 Å². The first-order chi connectivity index (χ1) is 8.78.